The number of ketones is 1. The van der Waals surface area contributed by atoms with E-state index in [-0.39, 0.29) is 24.5 Å². The van der Waals surface area contributed by atoms with Gasteiger partial charge in [0.15, 0.2) is 5.78 Å². The van der Waals surface area contributed by atoms with Gasteiger partial charge >= 0.3 is 0 Å². The van der Waals surface area contributed by atoms with Gasteiger partial charge in [-0.2, -0.15) is 4.31 Å². The van der Waals surface area contributed by atoms with Gasteiger partial charge < -0.3 is 16.8 Å². The van der Waals surface area contributed by atoms with Crippen molar-refractivity contribution in [2.45, 2.75) is 56.9 Å². The molecule has 0 aromatic heterocycles. The Morgan fingerprint density at radius 1 is 0.971 bits per heavy atom. The number of hydrogen-bond donors (Lipinski definition) is 3. The van der Waals surface area contributed by atoms with Crippen molar-refractivity contribution in [2.24, 2.45) is 11.5 Å². The molecule has 0 saturated heterocycles. The first-order valence-electron chi connectivity index (χ1n) is 12.1. The number of nitrogens with two attached hydrogens (primary N) is 2. The maximum atomic E-state index is 13.3. The summed E-state index contributed by atoms with van der Waals surface area (Å²) < 4.78 is 27.8. The summed E-state index contributed by atoms with van der Waals surface area (Å²) >= 11 is 0. The topological polar surface area (TPSA) is 136 Å². The van der Waals surface area contributed by atoms with Gasteiger partial charge in [0, 0.05) is 19.0 Å². The van der Waals surface area contributed by atoms with Gasteiger partial charge in [-0.25, -0.2) is 8.42 Å². The number of amides is 1. The first kappa shape index (κ1) is 28.6. The molecule has 0 aliphatic carbocycles. The maximum Gasteiger partial charge on any atom is 0.235 e. The van der Waals surface area contributed by atoms with E-state index in [0.29, 0.717) is 31.4 Å². The van der Waals surface area contributed by atoms with Crippen molar-refractivity contribution in [1.82, 2.24) is 9.62 Å². The van der Waals surface area contributed by atoms with Gasteiger partial charge in [0.1, 0.15) is 0 Å². The molecule has 2 aromatic carbocycles. The summed E-state index contributed by atoms with van der Waals surface area (Å²) in [5.41, 5.74) is 13.5. The lowest BCUT2D eigenvalue weighted by Gasteiger charge is -2.26. The Labute approximate surface area is 209 Å². The van der Waals surface area contributed by atoms with Crippen LogP contribution in [0.3, 0.4) is 0 Å². The summed E-state index contributed by atoms with van der Waals surface area (Å²) in [5.74, 6) is -0.851. The average molecular weight is 503 g/mol. The fraction of sp³-hybridized carbons (Fsp3) is 0.462. The summed E-state index contributed by atoms with van der Waals surface area (Å²) in [4.78, 5) is 25.3. The van der Waals surface area contributed by atoms with E-state index >= 15 is 0 Å². The van der Waals surface area contributed by atoms with E-state index in [4.69, 9.17) is 11.5 Å². The number of nitrogens with zero attached hydrogens (tertiary/aromatic N) is 1. The first-order valence-corrected chi connectivity index (χ1v) is 13.7. The Bertz CT molecular complexity index is 1020. The quantitative estimate of drug-likeness (QED) is 0.300. The summed E-state index contributed by atoms with van der Waals surface area (Å²) in [6.45, 7) is 1.83. The second-order valence-corrected chi connectivity index (χ2v) is 10.7. The highest BCUT2D eigenvalue weighted by atomic mass is 32.2. The molecule has 9 heteroatoms. The van der Waals surface area contributed by atoms with Crippen LogP contribution in [0.25, 0.3) is 0 Å². The number of unbranched alkanes of at least 4 members (excludes halogenated alkanes) is 1. The Kier molecular flexibility index (Phi) is 12.1. The molecule has 2 aromatic rings. The number of hydrogen-bond acceptors (Lipinski definition) is 6. The van der Waals surface area contributed by atoms with Crippen molar-refractivity contribution in [3.63, 3.8) is 0 Å². The fourth-order valence-electron chi connectivity index (χ4n) is 3.85. The van der Waals surface area contributed by atoms with E-state index in [9.17, 15) is 18.0 Å². The number of carbonyl (C=O) groups is 2. The van der Waals surface area contributed by atoms with Gasteiger partial charge in [0.25, 0.3) is 0 Å². The molecule has 0 saturated carbocycles. The zero-order valence-electron chi connectivity index (χ0n) is 20.4. The molecule has 0 bridgehead atoms. The minimum atomic E-state index is -3.85. The molecule has 2 rings (SSSR count). The summed E-state index contributed by atoms with van der Waals surface area (Å²) in [6.07, 6.45) is 2.67. The standard InChI is InChI=1S/C26H38N4O4S/c1-2-25(31)24(15-9-10-16-27)29-26(32)19-30(18-23(28)17-21-11-5-3-6-12-21)35(33,34)20-22-13-7-4-8-14-22/h3-8,11-14,23-24H,2,9-10,15-20,27-28H2,1H3,(H,29,32). The van der Waals surface area contributed by atoms with E-state index in [2.05, 4.69) is 5.32 Å². The van der Waals surface area contributed by atoms with Crippen LogP contribution in [-0.2, 0) is 31.8 Å². The minimum Gasteiger partial charge on any atom is -0.345 e. The van der Waals surface area contributed by atoms with Crippen molar-refractivity contribution < 1.29 is 18.0 Å². The monoisotopic (exact) mass is 502 g/mol. The molecule has 0 aliphatic heterocycles. The van der Waals surface area contributed by atoms with Crippen molar-refractivity contribution in [1.29, 1.82) is 0 Å². The molecule has 5 N–H and O–H groups in total. The second kappa shape index (κ2) is 14.7. The van der Waals surface area contributed by atoms with Crippen LogP contribution in [0.15, 0.2) is 60.7 Å². The molecule has 2 unspecified atom stereocenters. The third-order valence-corrected chi connectivity index (χ3v) is 7.47. The number of nitrogens with one attached hydrogen (secondary N) is 1. The van der Waals surface area contributed by atoms with Gasteiger partial charge in [-0.1, -0.05) is 67.6 Å². The average Bonchev–Trinajstić information content (AvgIpc) is 2.83. The third-order valence-electron chi connectivity index (χ3n) is 5.70. The highest BCUT2D eigenvalue weighted by Crippen LogP contribution is 2.13. The molecule has 0 aliphatic rings. The van der Waals surface area contributed by atoms with Crippen LogP contribution in [0.1, 0.15) is 43.7 Å². The smallest absolute Gasteiger partial charge is 0.235 e. The highest BCUT2D eigenvalue weighted by Gasteiger charge is 2.28. The third kappa shape index (κ3) is 10.3. The normalized spacial score (nSPS) is 13.4. The summed E-state index contributed by atoms with van der Waals surface area (Å²) in [6, 6.07) is 17.2. The van der Waals surface area contributed by atoms with Crippen molar-refractivity contribution in [3.8, 4) is 0 Å². The zero-order valence-corrected chi connectivity index (χ0v) is 21.3. The van der Waals surface area contributed by atoms with Crippen LogP contribution in [0.2, 0.25) is 0 Å². The molecule has 0 fully saturated rings. The SMILES string of the molecule is CCC(=O)C(CCCCN)NC(=O)CN(CC(N)Cc1ccccc1)S(=O)(=O)Cc1ccccc1. The number of Topliss-reactive ketones (excluding diaryl/α,β-unsaturated/α-hetero) is 1. The van der Waals surface area contributed by atoms with Crippen LogP contribution < -0.4 is 16.8 Å². The van der Waals surface area contributed by atoms with E-state index in [1.807, 2.05) is 36.4 Å². The van der Waals surface area contributed by atoms with Crippen LogP contribution >= 0.6 is 0 Å². The van der Waals surface area contributed by atoms with Crippen LogP contribution in [0.5, 0.6) is 0 Å². The van der Waals surface area contributed by atoms with Gasteiger partial charge in [0.05, 0.1) is 18.3 Å². The lowest BCUT2D eigenvalue weighted by Crippen LogP contribution is -2.50. The second-order valence-electron chi connectivity index (χ2n) is 8.71. The highest BCUT2D eigenvalue weighted by molar-refractivity contribution is 7.88. The lowest BCUT2D eigenvalue weighted by molar-refractivity contribution is -0.128. The molecular weight excluding hydrogens is 464 g/mol. The molecule has 0 radical (unpaired) electrons. The first-order chi connectivity index (χ1) is 16.7. The molecular formula is C26H38N4O4S. The lowest BCUT2D eigenvalue weighted by atomic mass is 10.0. The largest absolute Gasteiger partial charge is 0.345 e. The number of carbonyl (C=O) groups excluding carboxylic acids is 2. The van der Waals surface area contributed by atoms with Gasteiger partial charge in [0.2, 0.25) is 15.9 Å². The van der Waals surface area contributed by atoms with Crippen molar-refractivity contribution in [3.05, 3.63) is 71.8 Å². The van der Waals surface area contributed by atoms with E-state index in [1.54, 1.807) is 31.2 Å². The Morgan fingerprint density at radius 2 is 1.57 bits per heavy atom. The summed E-state index contributed by atoms with van der Waals surface area (Å²) in [5, 5.41) is 2.74. The van der Waals surface area contributed by atoms with E-state index in [0.717, 1.165) is 16.3 Å². The van der Waals surface area contributed by atoms with Crippen molar-refractivity contribution >= 4 is 21.7 Å². The zero-order chi connectivity index (χ0) is 25.7. The Balaban J connectivity index is 2.16. The Hall–Kier alpha value is -2.59. The molecule has 2 atom stereocenters. The minimum absolute atomic E-state index is 0.0168. The molecule has 0 spiro atoms. The van der Waals surface area contributed by atoms with Crippen LogP contribution in [0, 0.1) is 0 Å². The summed E-state index contributed by atoms with van der Waals surface area (Å²) in [7, 11) is -3.85. The number of rotatable bonds is 16. The number of benzene rings is 2. The molecule has 8 nitrogen and oxygen atoms in total. The molecule has 1 amide bonds. The number of sulfonamides is 1. The van der Waals surface area contributed by atoms with Gasteiger partial charge in [-0.3, -0.25) is 9.59 Å². The predicted octanol–water partition coefficient (Wildman–Crippen LogP) is 1.98. The van der Waals surface area contributed by atoms with Gasteiger partial charge in [-0.05, 0) is 43.4 Å². The predicted molar refractivity (Wildman–Crippen MR) is 139 cm³/mol. The molecule has 0 heterocycles. The maximum absolute atomic E-state index is 13.3. The fourth-order valence-corrected chi connectivity index (χ4v) is 5.38. The molecule has 35 heavy (non-hydrogen) atoms. The van der Waals surface area contributed by atoms with Crippen LogP contribution in [-0.4, -0.2) is 56.1 Å². The van der Waals surface area contributed by atoms with E-state index in [1.165, 1.54) is 0 Å². The van der Waals surface area contributed by atoms with Crippen molar-refractivity contribution in [2.75, 3.05) is 19.6 Å². The molecule has 192 valence electrons. The Morgan fingerprint density at radius 3 is 2.14 bits per heavy atom. The van der Waals surface area contributed by atoms with E-state index < -0.39 is 34.6 Å². The van der Waals surface area contributed by atoms with Gasteiger partial charge in [-0.15, -0.1) is 0 Å². The van der Waals surface area contributed by atoms with Crippen LogP contribution in [0.4, 0.5) is 0 Å².